The molecule has 1 aromatic rings. The fraction of sp³-hybridized carbons (Fsp3) is 0.667. The number of rotatable bonds is 7. The van der Waals surface area contributed by atoms with Crippen molar-refractivity contribution >= 4 is 5.91 Å². The summed E-state index contributed by atoms with van der Waals surface area (Å²) in [6, 6.07) is 0. The summed E-state index contributed by atoms with van der Waals surface area (Å²) >= 11 is 0. The molecule has 0 radical (unpaired) electrons. The summed E-state index contributed by atoms with van der Waals surface area (Å²) in [6.07, 6.45) is 1.04. The maximum absolute atomic E-state index is 10.7. The Kier molecular flexibility index (Phi) is 4.87. The van der Waals surface area contributed by atoms with E-state index in [-0.39, 0.29) is 6.54 Å². The number of ether oxygens (including phenoxy) is 2. The average molecular weight is 228 g/mol. The Morgan fingerprint density at radius 2 is 2.12 bits per heavy atom. The van der Waals surface area contributed by atoms with Gasteiger partial charge in [0.2, 0.25) is 12.2 Å². The standard InChI is InChI=1S/C9H16N4O3/c1-3-15-9(16-4-2)7-5-13(12-11-7)6-8(10)14/h5,9H,3-4,6H2,1-2H3,(H2,10,14). The summed E-state index contributed by atoms with van der Waals surface area (Å²) in [7, 11) is 0. The summed E-state index contributed by atoms with van der Waals surface area (Å²) in [4.78, 5) is 10.7. The first-order valence-electron chi connectivity index (χ1n) is 5.08. The van der Waals surface area contributed by atoms with Crippen molar-refractivity contribution in [2.45, 2.75) is 26.7 Å². The van der Waals surface area contributed by atoms with Gasteiger partial charge in [-0.3, -0.25) is 4.79 Å². The molecule has 1 amide bonds. The summed E-state index contributed by atoms with van der Waals surface area (Å²) in [5.74, 6) is -0.471. The van der Waals surface area contributed by atoms with Gasteiger partial charge in [-0.2, -0.15) is 0 Å². The molecule has 1 aromatic heterocycles. The molecule has 0 aliphatic rings. The summed E-state index contributed by atoms with van der Waals surface area (Å²) in [5.41, 5.74) is 5.57. The Hall–Kier alpha value is -1.47. The number of primary amides is 1. The van der Waals surface area contributed by atoms with Crippen molar-refractivity contribution in [3.05, 3.63) is 11.9 Å². The normalized spacial score (nSPS) is 10.9. The Morgan fingerprint density at radius 1 is 1.50 bits per heavy atom. The number of amides is 1. The topological polar surface area (TPSA) is 92.3 Å². The van der Waals surface area contributed by atoms with Crippen LogP contribution in [0.1, 0.15) is 25.8 Å². The van der Waals surface area contributed by atoms with Gasteiger partial charge in [-0.1, -0.05) is 5.21 Å². The van der Waals surface area contributed by atoms with Gasteiger partial charge in [-0.15, -0.1) is 5.10 Å². The summed E-state index contributed by atoms with van der Waals surface area (Å²) < 4.78 is 12.0. The molecule has 0 bridgehead atoms. The van der Waals surface area contributed by atoms with Gasteiger partial charge in [0.15, 0.2) is 0 Å². The summed E-state index contributed by atoms with van der Waals surface area (Å²) in [5, 5.41) is 7.61. The maximum Gasteiger partial charge on any atom is 0.239 e. The van der Waals surface area contributed by atoms with Gasteiger partial charge in [0.05, 0.1) is 6.20 Å². The highest BCUT2D eigenvalue weighted by Gasteiger charge is 2.15. The minimum Gasteiger partial charge on any atom is -0.368 e. The van der Waals surface area contributed by atoms with Crippen molar-refractivity contribution in [1.82, 2.24) is 15.0 Å². The molecule has 0 saturated carbocycles. The number of nitrogens with two attached hydrogens (primary N) is 1. The van der Waals surface area contributed by atoms with E-state index in [1.165, 1.54) is 4.68 Å². The second-order valence-electron chi connectivity index (χ2n) is 3.05. The summed E-state index contributed by atoms with van der Waals surface area (Å²) in [6.45, 7) is 4.73. The van der Waals surface area contributed by atoms with Crippen LogP contribution in [-0.2, 0) is 20.8 Å². The molecular weight excluding hydrogens is 212 g/mol. The van der Waals surface area contributed by atoms with Crippen LogP contribution >= 0.6 is 0 Å². The van der Waals surface area contributed by atoms with Crippen LogP contribution in [-0.4, -0.2) is 34.1 Å². The SMILES string of the molecule is CCOC(OCC)c1cn(CC(N)=O)nn1. The van der Waals surface area contributed by atoms with E-state index in [2.05, 4.69) is 10.3 Å². The largest absolute Gasteiger partial charge is 0.368 e. The van der Waals surface area contributed by atoms with E-state index >= 15 is 0 Å². The van der Waals surface area contributed by atoms with Crippen molar-refractivity contribution in [3.8, 4) is 0 Å². The van der Waals surface area contributed by atoms with Gasteiger partial charge in [0.25, 0.3) is 0 Å². The number of aromatic nitrogens is 3. The molecule has 1 heterocycles. The highest BCUT2D eigenvalue weighted by Crippen LogP contribution is 2.15. The molecule has 1 rings (SSSR count). The molecule has 7 nitrogen and oxygen atoms in total. The molecule has 0 fully saturated rings. The quantitative estimate of drug-likeness (QED) is 0.654. The van der Waals surface area contributed by atoms with Crippen LogP contribution in [0, 0.1) is 0 Å². The van der Waals surface area contributed by atoms with Crippen molar-refractivity contribution in [2.24, 2.45) is 5.73 Å². The van der Waals surface area contributed by atoms with Crippen molar-refractivity contribution in [3.63, 3.8) is 0 Å². The molecule has 7 heteroatoms. The van der Waals surface area contributed by atoms with Crippen molar-refractivity contribution < 1.29 is 14.3 Å². The molecule has 0 unspecified atom stereocenters. The first-order valence-corrected chi connectivity index (χ1v) is 5.08. The monoisotopic (exact) mass is 228 g/mol. The highest BCUT2D eigenvalue weighted by atomic mass is 16.7. The third kappa shape index (κ3) is 3.59. The zero-order chi connectivity index (χ0) is 12.0. The Bertz CT molecular complexity index is 333. The lowest BCUT2D eigenvalue weighted by atomic mass is 10.4. The Morgan fingerprint density at radius 3 is 2.62 bits per heavy atom. The van der Waals surface area contributed by atoms with Crippen molar-refractivity contribution in [2.75, 3.05) is 13.2 Å². The van der Waals surface area contributed by atoms with Crippen LogP contribution in [0.3, 0.4) is 0 Å². The van der Waals surface area contributed by atoms with E-state index in [1.54, 1.807) is 6.20 Å². The molecule has 2 N–H and O–H groups in total. The van der Waals surface area contributed by atoms with Gasteiger partial charge in [-0.25, -0.2) is 4.68 Å². The van der Waals surface area contributed by atoms with Crippen LogP contribution in [0.15, 0.2) is 6.20 Å². The minimum absolute atomic E-state index is 0.00201. The third-order valence-electron chi connectivity index (χ3n) is 1.75. The number of hydrogen-bond donors (Lipinski definition) is 1. The number of hydrogen-bond acceptors (Lipinski definition) is 5. The molecule has 90 valence electrons. The molecule has 16 heavy (non-hydrogen) atoms. The maximum atomic E-state index is 10.7. The van der Waals surface area contributed by atoms with E-state index in [0.717, 1.165) is 0 Å². The van der Waals surface area contributed by atoms with E-state index in [1.807, 2.05) is 13.8 Å². The van der Waals surface area contributed by atoms with Gasteiger partial charge >= 0.3 is 0 Å². The minimum atomic E-state index is -0.545. The fourth-order valence-electron chi connectivity index (χ4n) is 1.18. The second-order valence-corrected chi connectivity index (χ2v) is 3.05. The average Bonchev–Trinajstić information content (AvgIpc) is 2.65. The first-order chi connectivity index (χ1) is 7.67. The van der Waals surface area contributed by atoms with E-state index in [9.17, 15) is 4.79 Å². The molecule has 0 aliphatic carbocycles. The predicted octanol–water partition coefficient (Wildman–Crippen LogP) is -0.165. The number of nitrogens with zero attached hydrogens (tertiary/aromatic N) is 3. The van der Waals surface area contributed by atoms with Crippen LogP contribution in [0.4, 0.5) is 0 Å². The second kappa shape index (κ2) is 6.19. The lowest BCUT2D eigenvalue weighted by Gasteiger charge is -2.13. The first kappa shape index (κ1) is 12.6. The Labute approximate surface area is 93.5 Å². The van der Waals surface area contributed by atoms with Gasteiger partial charge < -0.3 is 15.2 Å². The number of carbonyl (C=O) groups excluding carboxylic acids is 1. The molecule has 0 atom stereocenters. The van der Waals surface area contributed by atoms with Gasteiger partial charge in [-0.05, 0) is 13.8 Å². The zero-order valence-corrected chi connectivity index (χ0v) is 9.42. The molecule has 0 aliphatic heterocycles. The van der Waals surface area contributed by atoms with E-state index in [0.29, 0.717) is 18.9 Å². The zero-order valence-electron chi connectivity index (χ0n) is 9.42. The van der Waals surface area contributed by atoms with E-state index < -0.39 is 12.2 Å². The number of carbonyl (C=O) groups is 1. The van der Waals surface area contributed by atoms with Crippen molar-refractivity contribution in [1.29, 1.82) is 0 Å². The Balaban J connectivity index is 2.68. The molecule has 0 saturated heterocycles. The third-order valence-corrected chi connectivity index (χ3v) is 1.75. The van der Waals surface area contributed by atoms with E-state index in [4.69, 9.17) is 15.2 Å². The lowest BCUT2D eigenvalue weighted by molar-refractivity contribution is -0.142. The van der Waals surface area contributed by atoms with Gasteiger partial charge in [0, 0.05) is 13.2 Å². The molecule has 0 aromatic carbocycles. The smallest absolute Gasteiger partial charge is 0.239 e. The van der Waals surface area contributed by atoms with Crippen LogP contribution in [0.2, 0.25) is 0 Å². The molecular formula is C9H16N4O3. The molecule has 0 spiro atoms. The van der Waals surface area contributed by atoms with Gasteiger partial charge in [0.1, 0.15) is 12.2 Å². The van der Waals surface area contributed by atoms with Crippen LogP contribution in [0.5, 0.6) is 0 Å². The fourth-order valence-corrected chi connectivity index (χ4v) is 1.18. The highest BCUT2D eigenvalue weighted by molar-refractivity contribution is 5.73. The predicted molar refractivity (Wildman–Crippen MR) is 55.2 cm³/mol. The van der Waals surface area contributed by atoms with Crippen LogP contribution < -0.4 is 5.73 Å². The van der Waals surface area contributed by atoms with Crippen LogP contribution in [0.25, 0.3) is 0 Å². The lowest BCUT2D eigenvalue weighted by Crippen LogP contribution is -2.19.